The van der Waals surface area contributed by atoms with Crippen molar-refractivity contribution in [1.29, 1.82) is 0 Å². The Kier molecular flexibility index (Phi) is 5.65. The zero-order valence-electron chi connectivity index (χ0n) is 10.8. The Labute approximate surface area is 103 Å². The number of anilines is 2. The van der Waals surface area contributed by atoms with Crippen LogP contribution in [-0.4, -0.2) is 48.6 Å². The van der Waals surface area contributed by atoms with Crippen LogP contribution in [-0.2, 0) is 0 Å². The minimum absolute atomic E-state index is 0.640. The van der Waals surface area contributed by atoms with E-state index in [1.54, 1.807) is 0 Å². The van der Waals surface area contributed by atoms with E-state index < -0.39 is 0 Å². The Morgan fingerprint density at radius 1 is 1.29 bits per heavy atom. The van der Waals surface area contributed by atoms with Crippen LogP contribution in [0.4, 0.5) is 11.6 Å². The smallest absolute Gasteiger partial charge is 0.145 e. The Balaban J connectivity index is 2.59. The molecule has 0 unspecified atom stereocenters. The molecule has 0 aromatic carbocycles. The lowest BCUT2D eigenvalue weighted by Gasteiger charge is -2.22. The van der Waals surface area contributed by atoms with Crippen molar-refractivity contribution in [2.24, 2.45) is 5.84 Å². The van der Waals surface area contributed by atoms with Crippen molar-refractivity contribution in [2.75, 3.05) is 44.1 Å². The van der Waals surface area contributed by atoms with Crippen LogP contribution < -0.4 is 16.2 Å². The quantitative estimate of drug-likeness (QED) is 0.534. The molecule has 0 radical (unpaired) electrons. The molecular weight excluding hydrogens is 216 g/mol. The minimum Gasteiger partial charge on any atom is -0.357 e. The molecule has 0 aliphatic rings. The summed E-state index contributed by atoms with van der Waals surface area (Å²) in [7, 11) is 4.16. The molecule has 0 atom stereocenters. The maximum atomic E-state index is 5.33. The summed E-state index contributed by atoms with van der Waals surface area (Å²) in [5.41, 5.74) is 2.53. The van der Waals surface area contributed by atoms with Gasteiger partial charge in [0, 0.05) is 19.2 Å². The number of nitrogen functional groups attached to an aromatic ring is 1. The van der Waals surface area contributed by atoms with Gasteiger partial charge in [-0.25, -0.2) is 15.8 Å². The van der Waals surface area contributed by atoms with Crippen LogP contribution >= 0.6 is 0 Å². The highest BCUT2D eigenvalue weighted by molar-refractivity contribution is 5.47. The topological polar surface area (TPSA) is 70.3 Å². The summed E-state index contributed by atoms with van der Waals surface area (Å²) in [4.78, 5) is 12.7. The molecule has 0 aliphatic heterocycles. The molecule has 0 spiro atoms. The molecule has 6 heteroatoms. The fourth-order valence-electron chi connectivity index (χ4n) is 1.61. The summed E-state index contributed by atoms with van der Waals surface area (Å²) in [5.74, 6) is 6.89. The molecule has 0 aliphatic carbocycles. The fourth-order valence-corrected chi connectivity index (χ4v) is 1.61. The standard InChI is InChI=1S/C11H22N6/c1-4-17(7-5-6-16(2)3)11-8-10(15-12)13-9-14-11/h8-9H,4-7,12H2,1-3H3,(H,13,14,15). The van der Waals surface area contributed by atoms with Gasteiger partial charge in [0.2, 0.25) is 0 Å². The molecule has 0 amide bonds. The number of hydrogen-bond acceptors (Lipinski definition) is 6. The number of rotatable bonds is 7. The van der Waals surface area contributed by atoms with Gasteiger partial charge in [0.1, 0.15) is 18.0 Å². The van der Waals surface area contributed by atoms with Gasteiger partial charge in [-0.15, -0.1) is 0 Å². The fraction of sp³-hybridized carbons (Fsp3) is 0.636. The van der Waals surface area contributed by atoms with Crippen LogP contribution in [0.2, 0.25) is 0 Å². The highest BCUT2D eigenvalue weighted by Crippen LogP contribution is 2.13. The molecule has 0 saturated carbocycles. The number of nitrogens with zero attached hydrogens (tertiary/aromatic N) is 4. The molecule has 1 heterocycles. The van der Waals surface area contributed by atoms with Gasteiger partial charge >= 0.3 is 0 Å². The van der Waals surface area contributed by atoms with Gasteiger partial charge in [-0.2, -0.15) is 0 Å². The molecule has 96 valence electrons. The average molecular weight is 238 g/mol. The number of hydrogen-bond donors (Lipinski definition) is 2. The summed E-state index contributed by atoms with van der Waals surface area (Å²) in [6, 6.07) is 1.86. The van der Waals surface area contributed by atoms with Crippen molar-refractivity contribution >= 4 is 11.6 Å². The second-order valence-corrected chi connectivity index (χ2v) is 4.14. The molecule has 1 aromatic heterocycles. The maximum Gasteiger partial charge on any atom is 0.145 e. The summed E-state index contributed by atoms with van der Waals surface area (Å²) < 4.78 is 0. The van der Waals surface area contributed by atoms with E-state index in [2.05, 4.69) is 46.2 Å². The second kappa shape index (κ2) is 7.03. The van der Waals surface area contributed by atoms with Crippen LogP contribution in [0.25, 0.3) is 0 Å². The van der Waals surface area contributed by atoms with E-state index >= 15 is 0 Å². The van der Waals surface area contributed by atoms with E-state index in [1.807, 2.05) is 6.07 Å². The third-order valence-electron chi connectivity index (χ3n) is 2.54. The van der Waals surface area contributed by atoms with Crippen molar-refractivity contribution in [3.8, 4) is 0 Å². The Hall–Kier alpha value is -1.40. The third kappa shape index (κ3) is 4.54. The van der Waals surface area contributed by atoms with Crippen molar-refractivity contribution < 1.29 is 0 Å². The zero-order valence-corrected chi connectivity index (χ0v) is 10.8. The van der Waals surface area contributed by atoms with Crippen molar-refractivity contribution in [3.63, 3.8) is 0 Å². The first kappa shape index (κ1) is 13.7. The molecule has 3 N–H and O–H groups in total. The summed E-state index contributed by atoms with van der Waals surface area (Å²) >= 11 is 0. The summed E-state index contributed by atoms with van der Waals surface area (Å²) in [6.07, 6.45) is 2.63. The van der Waals surface area contributed by atoms with E-state index in [9.17, 15) is 0 Å². The zero-order chi connectivity index (χ0) is 12.7. The van der Waals surface area contributed by atoms with Crippen LogP contribution in [0.15, 0.2) is 12.4 Å². The molecule has 17 heavy (non-hydrogen) atoms. The van der Waals surface area contributed by atoms with E-state index in [0.717, 1.165) is 31.9 Å². The molecule has 0 bridgehead atoms. The number of nitrogens with two attached hydrogens (primary N) is 1. The Morgan fingerprint density at radius 3 is 2.65 bits per heavy atom. The first-order chi connectivity index (χ1) is 8.17. The molecule has 0 saturated heterocycles. The average Bonchev–Trinajstić information content (AvgIpc) is 2.34. The van der Waals surface area contributed by atoms with E-state index in [1.165, 1.54) is 6.33 Å². The Bertz CT molecular complexity index is 327. The highest BCUT2D eigenvalue weighted by atomic mass is 15.3. The molecule has 1 rings (SSSR count). The second-order valence-electron chi connectivity index (χ2n) is 4.14. The summed E-state index contributed by atoms with van der Waals surface area (Å²) in [5, 5.41) is 0. The molecule has 0 fully saturated rings. The number of hydrazine groups is 1. The Morgan fingerprint density at radius 2 is 2.06 bits per heavy atom. The molecule has 1 aromatic rings. The first-order valence-electron chi connectivity index (χ1n) is 5.85. The lowest BCUT2D eigenvalue weighted by Crippen LogP contribution is -2.28. The van der Waals surface area contributed by atoms with Gasteiger partial charge in [-0.05, 0) is 34.0 Å². The van der Waals surface area contributed by atoms with Crippen LogP contribution in [0.1, 0.15) is 13.3 Å². The maximum absolute atomic E-state index is 5.33. The van der Waals surface area contributed by atoms with Gasteiger partial charge in [0.05, 0.1) is 0 Å². The van der Waals surface area contributed by atoms with Crippen LogP contribution in [0.3, 0.4) is 0 Å². The van der Waals surface area contributed by atoms with Crippen LogP contribution in [0.5, 0.6) is 0 Å². The van der Waals surface area contributed by atoms with Gasteiger partial charge in [-0.3, -0.25) is 0 Å². The van der Waals surface area contributed by atoms with Crippen molar-refractivity contribution in [2.45, 2.75) is 13.3 Å². The highest BCUT2D eigenvalue weighted by Gasteiger charge is 2.06. The molecule has 6 nitrogen and oxygen atoms in total. The predicted molar refractivity (Wildman–Crippen MR) is 70.9 cm³/mol. The third-order valence-corrected chi connectivity index (χ3v) is 2.54. The first-order valence-corrected chi connectivity index (χ1v) is 5.85. The van der Waals surface area contributed by atoms with Gasteiger partial charge in [0.25, 0.3) is 0 Å². The largest absolute Gasteiger partial charge is 0.357 e. The minimum atomic E-state index is 0.640. The van der Waals surface area contributed by atoms with Gasteiger partial charge in [0.15, 0.2) is 0 Å². The number of aromatic nitrogens is 2. The van der Waals surface area contributed by atoms with Crippen molar-refractivity contribution in [3.05, 3.63) is 12.4 Å². The van der Waals surface area contributed by atoms with Gasteiger partial charge < -0.3 is 15.2 Å². The SMILES string of the molecule is CCN(CCCN(C)C)c1cc(NN)ncn1. The monoisotopic (exact) mass is 238 g/mol. The van der Waals surface area contributed by atoms with Gasteiger partial charge in [-0.1, -0.05) is 0 Å². The number of nitrogens with one attached hydrogen (secondary N) is 1. The predicted octanol–water partition coefficient (Wildman–Crippen LogP) is 0.540. The van der Waals surface area contributed by atoms with Crippen LogP contribution in [0, 0.1) is 0 Å². The molecular formula is C11H22N6. The van der Waals surface area contributed by atoms with Crippen molar-refractivity contribution in [1.82, 2.24) is 14.9 Å². The lowest BCUT2D eigenvalue weighted by atomic mass is 10.3. The lowest BCUT2D eigenvalue weighted by molar-refractivity contribution is 0.400. The summed E-state index contributed by atoms with van der Waals surface area (Å²) in [6.45, 7) is 5.10. The normalized spacial score (nSPS) is 10.6. The van der Waals surface area contributed by atoms with E-state index in [4.69, 9.17) is 5.84 Å². The van der Waals surface area contributed by atoms with E-state index in [-0.39, 0.29) is 0 Å². The van der Waals surface area contributed by atoms with E-state index in [0.29, 0.717) is 5.82 Å².